The standard InChI is InChI=1S/C21H20BrFN6O4/c22-17-11-16(5-6-18(17)23)26-32-24-12-19-20(28-33-27-19)25-21(30)15-3-1-14(2-4-15)13-29-7-9-31-10-8-29/h1-6,11-12,26H,7-10,13H2,(H,25,28,30)/b24-12+. The van der Waals surface area contributed by atoms with Crippen LogP contribution in [0.5, 0.6) is 0 Å². The first kappa shape index (κ1) is 22.8. The number of hydrogen-bond acceptors (Lipinski definition) is 9. The van der Waals surface area contributed by atoms with E-state index in [1.165, 1.54) is 24.4 Å². The molecule has 2 heterocycles. The van der Waals surface area contributed by atoms with E-state index in [-0.39, 0.29) is 21.9 Å². The zero-order chi connectivity index (χ0) is 23.0. The number of ether oxygens (including phenoxy) is 1. The quantitative estimate of drug-likeness (QED) is 0.344. The van der Waals surface area contributed by atoms with Gasteiger partial charge in [-0.05, 0) is 62.1 Å². The highest BCUT2D eigenvalue weighted by molar-refractivity contribution is 9.10. The van der Waals surface area contributed by atoms with Gasteiger partial charge in [0.1, 0.15) is 12.0 Å². The highest BCUT2D eigenvalue weighted by Crippen LogP contribution is 2.20. The van der Waals surface area contributed by atoms with Crippen molar-refractivity contribution in [2.24, 2.45) is 5.16 Å². The van der Waals surface area contributed by atoms with Gasteiger partial charge in [0.15, 0.2) is 5.69 Å². The van der Waals surface area contributed by atoms with E-state index in [2.05, 4.69) is 51.7 Å². The summed E-state index contributed by atoms with van der Waals surface area (Å²) in [7, 11) is 0. The Labute approximate surface area is 196 Å². The Morgan fingerprint density at radius 1 is 1.21 bits per heavy atom. The predicted octanol–water partition coefficient (Wildman–Crippen LogP) is 3.43. The molecule has 3 aromatic rings. The van der Waals surface area contributed by atoms with E-state index in [1.54, 1.807) is 12.1 Å². The molecule has 0 bridgehead atoms. The lowest BCUT2D eigenvalue weighted by Gasteiger charge is -2.26. The molecule has 2 N–H and O–H groups in total. The van der Waals surface area contributed by atoms with Gasteiger partial charge in [0.25, 0.3) is 5.91 Å². The van der Waals surface area contributed by atoms with Crippen LogP contribution in [0.15, 0.2) is 56.7 Å². The number of nitrogens with one attached hydrogen (secondary N) is 2. The van der Waals surface area contributed by atoms with Gasteiger partial charge in [0, 0.05) is 25.2 Å². The number of morpholine rings is 1. The lowest BCUT2D eigenvalue weighted by Crippen LogP contribution is -2.35. The first-order valence-corrected chi connectivity index (χ1v) is 10.8. The molecule has 1 saturated heterocycles. The molecule has 0 spiro atoms. The average molecular weight is 519 g/mol. The molecule has 172 valence electrons. The minimum absolute atomic E-state index is 0.0919. The van der Waals surface area contributed by atoms with Crippen LogP contribution in [0.1, 0.15) is 21.6 Å². The molecule has 12 heteroatoms. The van der Waals surface area contributed by atoms with E-state index in [4.69, 9.17) is 9.68 Å². The SMILES string of the molecule is O=C(Nc1nonc1/C=N/ONc1ccc(F)c(Br)c1)c1ccc(CN2CCOCC2)cc1. The van der Waals surface area contributed by atoms with Gasteiger partial charge in [-0.2, -0.15) is 5.48 Å². The summed E-state index contributed by atoms with van der Waals surface area (Å²) in [5.41, 5.74) is 4.74. The van der Waals surface area contributed by atoms with E-state index < -0.39 is 5.82 Å². The van der Waals surface area contributed by atoms with Gasteiger partial charge < -0.3 is 10.1 Å². The Bertz CT molecular complexity index is 1120. The molecule has 1 amide bonds. The van der Waals surface area contributed by atoms with E-state index in [9.17, 15) is 9.18 Å². The highest BCUT2D eigenvalue weighted by Gasteiger charge is 2.15. The second-order valence-electron chi connectivity index (χ2n) is 7.09. The summed E-state index contributed by atoms with van der Waals surface area (Å²) in [6.07, 6.45) is 1.21. The molecule has 0 aliphatic carbocycles. The number of carbonyl (C=O) groups excluding carboxylic acids is 1. The fourth-order valence-corrected chi connectivity index (χ4v) is 3.42. The topological polar surface area (TPSA) is 114 Å². The molecule has 0 unspecified atom stereocenters. The zero-order valence-electron chi connectivity index (χ0n) is 17.3. The van der Waals surface area contributed by atoms with Crippen molar-refractivity contribution in [3.63, 3.8) is 0 Å². The Morgan fingerprint density at radius 3 is 2.76 bits per heavy atom. The molecule has 2 aromatic carbocycles. The third kappa shape index (κ3) is 6.34. The number of hydrogen-bond donors (Lipinski definition) is 2. The smallest absolute Gasteiger partial charge is 0.256 e. The molecule has 1 aliphatic rings. The molecule has 4 rings (SSSR count). The van der Waals surface area contributed by atoms with E-state index in [0.29, 0.717) is 11.3 Å². The first-order chi connectivity index (χ1) is 16.1. The molecule has 0 radical (unpaired) electrons. The van der Waals surface area contributed by atoms with Gasteiger partial charge in [-0.3, -0.25) is 14.6 Å². The van der Waals surface area contributed by atoms with Gasteiger partial charge in [0.2, 0.25) is 5.82 Å². The molecule has 0 saturated carbocycles. The van der Waals surface area contributed by atoms with Crippen molar-refractivity contribution < 1.29 is 23.5 Å². The van der Waals surface area contributed by atoms with Gasteiger partial charge in [-0.25, -0.2) is 9.02 Å². The van der Waals surface area contributed by atoms with Crippen molar-refractivity contribution in [3.05, 3.63) is 69.6 Å². The highest BCUT2D eigenvalue weighted by atomic mass is 79.9. The molecule has 33 heavy (non-hydrogen) atoms. The summed E-state index contributed by atoms with van der Waals surface area (Å²) >= 11 is 3.08. The van der Waals surface area contributed by atoms with Crippen LogP contribution in [0.2, 0.25) is 0 Å². The van der Waals surface area contributed by atoms with E-state index in [0.717, 1.165) is 38.4 Å². The summed E-state index contributed by atoms with van der Waals surface area (Å²) in [6, 6.07) is 11.6. The van der Waals surface area contributed by atoms with Crippen LogP contribution in [0, 0.1) is 5.82 Å². The number of anilines is 2. The molecule has 1 aliphatic heterocycles. The molecule has 10 nitrogen and oxygen atoms in total. The van der Waals surface area contributed by atoms with Crippen LogP contribution in [0.3, 0.4) is 0 Å². The predicted molar refractivity (Wildman–Crippen MR) is 121 cm³/mol. The van der Waals surface area contributed by atoms with Crippen molar-refractivity contribution in [2.75, 3.05) is 37.1 Å². The summed E-state index contributed by atoms with van der Waals surface area (Å²) in [5.74, 6) is -0.674. The lowest BCUT2D eigenvalue weighted by atomic mass is 10.1. The van der Waals surface area contributed by atoms with Crippen molar-refractivity contribution in [1.82, 2.24) is 15.2 Å². The van der Waals surface area contributed by atoms with Gasteiger partial charge >= 0.3 is 0 Å². The minimum atomic E-state index is -0.398. The lowest BCUT2D eigenvalue weighted by molar-refractivity contribution is 0.0342. The van der Waals surface area contributed by atoms with Crippen LogP contribution in [0.25, 0.3) is 0 Å². The second kappa shape index (κ2) is 11.0. The Hall–Kier alpha value is -3.35. The maximum Gasteiger partial charge on any atom is 0.256 e. The van der Waals surface area contributed by atoms with Crippen molar-refractivity contribution in [1.29, 1.82) is 0 Å². The normalized spacial score (nSPS) is 14.4. The maximum absolute atomic E-state index is 13.2. The average Bonchev–Trinajstić information content (AvgIpc) is 3.27. The van der Waals surface area contributed by atoms with Crippen molar-refractivity contribution >= 4 is 39.6 Å². The van der Waals surface area contributed by atoms with Crippen molar-refractivity contribution in [2.45, 2.75) is 6.54 Å². The molecular weight excluding hydrogens is 499 g/mol. The monoisotopic (exact) mass is 518 g/mol. The Morgan fingerprint density at radius 2 is 2.00 bits per heavy atom. The fourth-order valence-electron chi connectivity index (χ4n) is 3.04. The number of oxime groups is 1. The Balaban J connectivity index is 1.30. The molecule has 1 aromatic heterocycles. The van der Waals surface area contributed by atoms with Crippen LogP contribution < -0.4 is 10.8 Å². The summed E-state index contributed by atoms with van der Waals surface area (Å²) in [5, 5.41) is 13.7. The summed E-state index contributed by atoms with van der Waals surface area (Å²) in [6.45, 7) is 4.08. The van der Waals surface area contributed by atoms with Crippen LogP contribution >= 0.6 is 15.9 Å². The number of carbonyl (C=O) groups is 1. The summed E-state index contributed by atoms with van der Waals surface area (Å²) < 4.78 is 23.6. The third-order valence-corrected chi connectivity index (χ3v) is 5.39. The van der Waals surface area contributed by atoms with E-state index >= 15 is 0 Å². The number of halogens is 2. The number of nitrogens with zero attached hydrogens (tertiary/aromatic N) is 4. The summed E-state index contributed by atoms with van der Waals surface area (Å²) in [4.78, 5) is 19.8. The third-order valence-electron chi connectivity index (χ3n) is 4.78. The number of amides is 1. The number of benzene rings is 2. The van der Waals surface area contributed by atoms with Crippen LogP contribution in [-0.4, -0.2) is 53.6 Å². The van der Waals surface area contributed by atoms with Gasteiger partial charge in [0.05, 0.1) is 23.4 Å². The maximum atomic E-state index is 13.2. The van der Waals surface area contributed by atoms with Crippen LogP contribution in [0.4, 0.5) is 15.9 Å². The van der Waals surface area contributed by atoms with Crippen LogP contribution in [-0.2, 0) is 16.2 Å². The van der Waals surface area contributed by atoms with Gasteiger partial charge in [-0.1, -0.05) is 17.3 Å². The molecule has 1 fully saturated rings. The van der Waals surface area contributed by atoms with E-state index in [1.807, 2.05) is 12.1 Å². The number of rotatable bonds is 8. The minimum Gasteiger partial charge on any atom is -0.379 e. The Kier molecular flexibility index (Phi) is 7.60. The number of aromatic nitrogens is 2. The fraction of sp³-hybridized carbons (Fsp3) is 0.238. The second-order valence-corrected chi connectivity index (χ2v) is 7.95. The molecule has 0 atom stereocenters. The first-order valence-electron chi connectivity index (χ1n) is 10.0. The largest absolute Gasteiger partial charge is 0.379 e. The molecular formula is C21H20BrFN6O4. The van der Waals surface area contributed by atoms with Crippen molar-refractivity contribution in [3.8, 4) is 0 Å². The zero-order valence-corrected chi connectivity index (χ0v) is 18.9. The van der Waals surface area contributed by atoms with Gasteiger partial charge in [-0.15, -0.1) is 0 Å².